The Morgan fingerprint density at radius 3 is 2.29 bits per heavy atom. The lowest BCUT2D eigenvalue weighted by Gasteiger charge is -2.39. The van der Waals surface area contributed by atoms with Crippen LogP contribution in [-0.2, 0) is 4.74 Å². The third-order valence-electron chi connectivity index (χ3n) is 6.13. The van der Waals surface area contributed by atoms with Crippen LogP contribution < -0.4 is 5.73 Å². The van der Waals surface area contributed by atoms with Gasteiger partial charge in [0.25, 0.3) is 5.91 Å². The van der Waals surface area contributed by atoms with E-state index < -0.39 is 0 Å². The molecule has 31 heavy (non-hydrogen) atoms. The van der Waals surface area contributed by atoms with E-state index in [9.17, 15) is 4.79 Å². The van der Waals surface area contributed by atoms with Crippen LogP contribution >= 0.6 is 0 Å². The Morgan fingerprint density at radius 1 is 1.03 bits per heavy atom. The topological polar surface area (TPSA) is 62.0 Å². The van der Waals surface area contributed by atoms with E-state index in [0.29, 0.717) is 0 Å². The lowest BCUT2D eigenvalue weighted by atomic mass is 9.95. The van der Waals surface area contributed by atoms with Crippen molar-refractivity contribution >= 4 is 11.6 Å². The van der Waals surface area contributed by atoms with Crippen LogP contribution in [0.15, 0.2) is 48.5 Å². The maximum atomic E-state index is 12.7. The molecule has 1 unspecified atom stereocenters. The molecule has 1 saturated heterocycles. The first-order valence-electron chi connectivity index (χ1n) is 11.3. The van der Waals surface area contributed by atoms with Gasteiger partial charge >= 0.3 is 0 Å². The van der Waals surface area contributed by atoms with Gasteiger partial charge in [-0.1, -0.05) is 24.3 Å². The average Bonchev–Trinajstić information content (AvgIpc) is 2.80. The first-order valence-corrected chi connectivity index (χ1v) is 11.3. The molecule has 0 radical (unpaired) electrons. The van der Waals surface area contributed by atoms with Gasteiger partial charge < -0.3 is 15.4 Å². The van der Waals surface area contributed by atoms with E-state index in [1.807, 2.05) is 43.0 Å². The summed E-state index contributed by atoms with van der Waals surface area (Å²) in [6, 6.07) is 16.4. The smallest absolute Gasteiger partial charge is 0.253 e. The summed E-state index contributed by atoms with van der Waals surface area (Å²) in [5, 5.41) is 0. The summed E-state index contributed by atoms with van der Waals surface area (Å²) < 4.78 is 5.23. The Morgan fingerprint density at radius 2 is 1.71 bits per heavy atom. The molecular formula is C25H36N4O2. The highest BCUT2D eigenvalue weighted by atomic mass is 16.5. The number of methoxy groups -OCH3 is 1. The van der Waals surface area contributed by atoms with Crippen LogP contribution in [0.5, 0.6) is 0 Å². The number of benzene rings is 2. The molecule has 0 aliphatic carbocycles. The summed E-state index contributed by atoms with van der Waals surface area (Å²) in [7, 11) is 1.75. The maximum absolute atomic E-state index is 12.7. The molecule has 0 aromatic heterocycles. The summed E-state index contributed by atoms with van der Waals surface area (Å²) in [6.45, 7) is 11.2. The number of piperazine rings is 1. The molecule has 1 fully saturated rings. The largest absolute Gasteiger partial charge is 0.399 e. The SMILES string of the molecule is CCN(CC)C(=O)c1ccc(C(c2cccc(N)c2)N2CCN(CCOC)CC2)cc1. The van der Waals surface area contributed by atoms with E-state index in [0.717, 1.165) is 63.7 Å². The number of hydrogen-bond donors (Lipinski definition) is 1. The molecular weight excluding hydrogens is 388 g/mol. The van der Waals surface area contributed by atoms with Crippen LogP contribution in [0.3, 0.4) is 0 Å². The molecule has 2 N–H and O–H groups in total. The first kappa shape index (κ1) is 23.3. The number of carbonyl (C=O) groups is 1. The number of carbonyl (C=O) groups excluding carboxylic acids is 1. The van der Waals surface area contributed by atoms with Crippen molar-refractivity contribution in [2.24, 2.45) is 0 Å². The van der Waals surface area contributed by atoms with Crippen molar-refractivity contribution < 1.29 is 9.53 Å². The van der Waals surface area contributed by atoms with E-state index in [-0.39, 0.29) is 11.9 Å². The van der Waals surface area contributed by atoms with Crippen molar-refractivity contribution in [2.45, 2.75) is 19.9 Å². The van der Waals surface area contributed by atoms with E-state index in [2.05, 4.69) is 34.1 Å². The summed E-state index contributed by atoms with van der Waals surface area (Å²) in [6.07, 6.45) is 0. The molecule has 1 aliphatic rings. The molecule has 2 aromatic carbocycles. The summed E-state index contributed by atoms with van der Waals surface area (Å²) >= 11 is 0. The van der Waals surface area contributed by atoms with Gasteiger partial charge in [0, 0.05) is 64.2 Å². The summed E-state index contributed by atoms with van der Waals surface area (Å²) in [4.78, 5) is 19.5. The van der Waals surface area contributed by atoms with E-state index in [1.54, 1.807) is 7.11 Å². The molecule has 0 bridgehead atoms. The van der Waals surface area contributed by atoms with Crippen molar-refractivity contribution in [1.82, 2.24) is 14.7 Å². The van der Waals surface area contributed by atoms with Crippen LogP contribution in [0.1, 0.15) is 41.4 Å². The predicted octanol–water partition coefficient (Wildman–Crippen LogP) is 3.10. The minimum absolute atomic E-state index is 0.0869. The Kier molecular flexibility index (Phi) is 8.46. The number of anilines is 1. The minimum Gasteiger partial charge on any atom is -0.399 e. The maximum Gasteiger partial charge on any atom is 0.253 e. The van der Waals surface area contributed by atoms with Crippen LogP contribution in [0, 0.1) is 0 Å². The van der Waals surface area contributed by atoms with Gasteiger partial charge in [0.1, 0.15) is 0 Å². The fourth-order valence-corrected chi connectivity index (χ4v) is 4.31. The third-order valence-corrected chi connectivity index (χ3v) is 6.13. The van der Waals surface area contributed by atoms with Crippen molar-refractivity contribution in [2.75, 3.05) is 65.3 Å². The van der Waals surface area contributed by atoms with Gasteiger partial charge in [-0.05, 0) is 49.2 Å². The fourth-order valence-electron chi connectivity index (χ4n) is 4.31. The van der Waals surface area contributed by atoms with Gasteiger partial charge in [0.05, 0.1) is 12.6 Å². The van der Waals surface area contributed by atoms with Gasteiger partial charge in [-0.25, -0.2) is 0 Å². The van der Waals surface area contributed by atoms with Crippen LogP contribution in [-0.4, -0.2) is 80.1 Å². The van der Waals surface area contributed by atoms with Crippen molar-refractivity contribution in [3.63, 3.8) is 0 Å². The van der Waals surface area contributed by atoms with Gasteiger partial charge in [-0.3, -0.25) is 14.6 Å². The van der Waals surface area contributed by atoms with Crippen LogP contribution in [0.25, 0.3) is 0 Å². The first-order chi connectivity index (χ1) is 15.1. The molecule has 1 aliphatic heterocycles. The third kappa shape index (κ3) is 5.85. The van der Waals surface area contributed by atoms with Crippen molar-refractivity contribution in [3.8, 4) is 0 Å². The Bertz CT molecular complexity index is 828. The van der Waals surface area contributed by atoms with E-state index >= 15 is 0 Å². The van der Waals surface area contributed by atoms with E-state index in [4.69, 9.17) is 10.5 Å². The lowest BCUT2D eigenvalue weighted by Crippen LogP contribution is -2.48. The van der Waals surface area contributed by atoms with Gasteiger partial charge in [-0.15, -0.1) is 0 Å². The molecule has 2 aromatic rings. The highest BCUT2D eigenvalue weighted by molar-refractivity contribution is 5.94. The number of nitrogens with two attached hydrogens (primary N) is 1. The van der Waals surface area contributed by atoms with Crippen molar-refractivity contribution in [1.29, 1.82) is 0 Å². The lowest BCUT2D eigenvalue weighted by molar-refractivity contribution is 0.0772. The Labute approximate surface area is 186 Å². The number of nitrogens with zero attached hydrogens (tertiary/aromatic N) is 3. The summed E-state index contributed by atoms with van der Waals surface area (Å²) in [5.74, 6) is 0.0869. The quantitative estimate of drug-likeness (QED) is 0.627. The van der Waals surface area contributed by atoms with Crippen molar-refractivity contribution in [3.05, 3.63) is 65.2 Å². The molecule has 3 rings (SSSR count). The highest BCUT2D eigenvalue weighted by Crippen LogP contribution is 2.31. The molecule has 1 heterocycles. The zero-order valence-corrected chi connectivity index (χ0v) is 19.1. The predicted molar refractivity (Wildman–Crippen MR) is 126 cm³/mol. The van der Waals surface area contributed by atoms with Gasteiger partial charge in [-0.2, -0.15) is 0 Å². The second-order valence-corrected chi connectivity index (χ2v) is 8.04. The van der Waals surface area contributed by atoms with Crippen LogP contribution in [0.4, 0.5) is 5.69 Å². The highest BCUT2D eigenvalue weighted by Gasteiger charge is 2.27. The normalized spacial score (nSPS) is 16.2. The fraction of sp³-hybridized carbons (Fsp3) is 0.480. The number of ether oxygens (including phenoxy) is 1. The molecule has 0 saturated carbocycles. The number of hydrogen-bond acceptors (Lipinski definition) is 5. The zero-order chi connectivity index (χ0) is 22.2. The molecule has 6 heteroatoms. The monoisotopic (exact) mass is 424 g/mol. The van der Waals surface area contributed by atoms with E-state index in [1.165, 1.54) is 11.1 Å². The number of amides is 1. The Hall–Kier alpha value is -2.41. The standard InChI is InChI=1S/C25H36N4O2/c1-4-28(5-2)25(30)21-11-9-20(10-12-21)24(22-7-6-8-23(26)19-22)29-15-13-27(14-16-29)17-18-31-3/h6-12,19,24H,4-5,13-18,26H2,1-3H3. The number of nitrogen functional groups attached to an aromatic ring is 1. The molecule has 1 amide bonds. The average molecular weight is 425 g/mol. The molecule has 1 atom stereocenters. The molecule has 6 nitrogen and oxygen atoms in total. The molecule has 168 valence electrons. The Balaban J connectivity index is 1.83. The summed E-state index contributed by atoms with van der Waals surface area (Å²) in [5.41, 5.74) is 10.0. The second-order valence-electron chi connectivity index (χ2n) is 8.04. The van der Waals surface area contributed by atoms with Gasteiger partial charge in [0.2, 0.25) is 0 Å². The van der Waals surface area contributed by atoms with Gasteiger partial charge in [0.15, 0.2) is 0 Å². The second kappa shape index (κ2) is 11.3. The van der Waals surface area contributed by atoms with Crippen LogP contribution in [0.2, 0.25) is 0 Å². The zero-order valence-electron chi connectivity index (χ0n) is 19.1. The minimum atomic E-state index is 0.0869. The number of rotatable bonds is 9. The molecule has 0 spiro atoms.